The van der Waals surface area contributed by atoms with Gasteiger partial charge in [0.15, 0.2) is 5.82 Å². The van der Waals surface area contributed by atoms with Gasteiger partial charge >= 0.3 is 0 Å². The van der Waals surface area contributed by atoms with Crippen molar-refractivity contribution in [2.45, 2.75) is 18.9 Å². The van der Waals surface area contributed by atoms with E-state index in [0.717, 1.165) is 25.9 Å². The van der Waals surface area contributed by atoms with Gasteiger partial charge < -0.3 is 16.4 Å². The normalized spacial score (nSPS) is 18.0. The second-order valence-electron chi connectivity index (χ2n) is 5.91. The second-order valence-corrected chi connectivity index (χ2v) is 5.91. The van der Waals surface area contributed by atoms with Crippen LogP contribution in [0.25, 0.3) is 17.2 Å². The highest BCUT2D eigenvalue weighted by molar-refractivity contribution is 5.61. The molecule has 4 heterocycles. The Morgan fingerprint density at radius 2 is 2.25 bits per heavy atom. The fourth-order valence-corrected chi connectivity index (χ4v) is 2.96. The molecule has 4 N–H and O–H groups in total. The standard InChI is InChI=1S/C16H18FN7/c17-10-3-4-15-20-8-12(24(15)9-10)16-22-13(18)6-14(23-16)21-11-2-1-5-19-7-11/h3-4,6,8-9,11,19H,1-2,5,7H2,(H3,18,21,22,23). The molecule has 0 aliphatic carbocycles. The van der Waals surface area contributed by atoms with Gasteiger partial charge in [-0.1, -0.05) is 0 Å². The van der Waals surface area contributed by atoms with Gasteiger partial charge in [0.2, 0.25) is 0 Å². The number of fused-ring (bicyclic) bond motifs is 1. The molecule has 1 saturated heterocycles. The van der Waals surface area contributed by atoms with Crippen LogP contribution in [0.2, 0.25) is 0 Å². The molecule has 3 aromatic heterocycles. The van der Waals surface area contributed by atoms with Crippen LogP contribution in [0.1, 0.15) is 12.8 Å². The lowest BCUT2D eigenvalue weighted by molar-refractivity contribution is 0.479. The van der Waals surface area contributed by atoms with E-state index in [1.54, 1.807) is 22.7 Å². The molecular formula is C16H18FN7. The maximum Gasteiger partial charge on any atom is 0.182 e. The first kappa shape index (κ1) is 14.8. The topological polar surface area (TPSA) is 93.2 Å². The van der Waals surface area contributed by atoms with E-state index in [4.69, 9.17) is 5.73 Å². The molecule has 1 aliphatic heterocycles. The van der Waals surface area contributed by atoms with E-state index >= 15 is 0 Å². The zero-order valence-corrected chi connectivity index (χ0v) is 13.0. The van der Waals surface area contributed by atoms with Gasteiger partial charge in [0, 0.05) is 24.8 Å². The molecule has 1 aliphatic rings. The maximum absolute atomic E-state index is 13.5. The van der Waals surface area contributed by atoms with Crippen molar-refractivity contribution < 1.29 is 4.39 Å². The highest BCUT2D eigenvalue weighted by Gasteiger charge is 2.16. The van der Waals surface area contributed by atoms with Gasteiger partial charge in [-0.25, -0.2) is 19.3 Å². The van der Waals surface area contributed by atoms with Crippen LogP contribution in [-0.2, 0) is 0 Å². The van der Waals surface area contributed by atoms with Crippen LogP contribution < -0.4 is 16.4 Å². The molecule has 24 heavy (non-hydrogen) atoms. The molecule has 0 spiro atoms. The van der Waals surface area contributed by atoms with E-state index in [1.807, 2.05) is 0 Å². The zero-order chi connectivity index (χ0) is 16.5. The molecule has 1 fully saturated rings. The lowest BCUT2D eigenvalue weighted by atomic mass is 10.1. The minimum atomic E-state index is -0.350. The molecule has 1 unspecified atom stereocenters. The Bertz CT molecular complexity index is 870. The van der Waals surface area contributed by atoms with Gasteiger partial charge in [-0.05, 0) is 31.5 Å². The number of pyridine rings is 1. The summed E-state index contributed by atoms with van der Waals surface area (Å²) in [6.45, 7) is 1.93. The van der Waals surface area contributed by atoms with Crippen LogP contribution in [0.5, 0.6) is 0 Å². The number of piperidine rings is 1. The van der Waals surface area contributed by atoms with Gasteiger partial charge in [0.25, 0.3) is 0 Å². The zero-order valence-electron chi connectivity index (χ0n) is 13.0. The molecular weight excluding hydrogens is 309 g/mol. The number of nitrogens with two attached hydrogens (primary N) is 1. The van der Waals surface area contributed by atoms with Gasteiger partial charge in [-0.15, -0.1) is 0 Å². The molecule has 0 aromatic carbocycles. The van der Waals surface area contributed by atoms with Gasteiger partial charge in [0.1, 0.15) is 28.8 Å². The summed E-state index contributed by atoms with van der Waals surface area (Å²) in [5.41, 5.74) is 7.16. The molecule has 1 atom stereocenters. The third kappa shape index (κ3) is 2.88. The number of nitrogens with one attached hydrogen (secondary N) is 2. The first-order valence-electron chi connectivity index (χ1n) is 7.94. The van der Waals surface area contributed by atoms with Crippen molar-refractivity contribution >= 4 is 17.3 Å². The summed E-state index contributed by atoms with van der Waals surface area (Å²) in [5, 5.41) is 6.74. The number of anilines is 2. The summed E-state index contributed by atoms with van der Waals surface area (Å²) in [6.07, 6.45) is 5.18. The van der Waals surface area contributed by atoms with Crippen LogP contribution in [0.3, 0.4) is 0 Å². The molecule has 8 heteroatoms. The lowest BCUT2D eigenvalue weighted by Gasteiger charge is -2.24. The fraction of sp³-hybridized carbons (Fsp3) is 0.312. The molecule has 3 aromatic rings. The number of nitrogen functional groups attached to an aromatic ring is 1. The Labute approximate surface area is 138 Å². The van der Waals surface area contributed by atoms with E-state index in [9.17, 15) is 4.39 Å². The highest BCUT2D eigenvalue weighted by atomic mass is 19.1. The first-order valence-corrected chi connectivity index (χ1v) is 7.94. The molecule has 0 radical (unpaired) electrons. The number of nitrogens with zero attached hydrogens (tertiary/aromatic N) is 4. The van der Waals surface area contributed by atoms with Crippen LogP contribution >= 0.6 is 0 Å². The van der Waals surface area contributed by atoms with Crippen molar-refractivity contribution in [2.24, 2.45) is 0 Å². The largest absolute Gasteiger partial charge is 0.384 e. The average molecular weight is 327 g/mol. The minimum Gasteiger partial charge on any atom is -0.384 e. The van der Waals surface area contributed by atoms with Crippen molar-refractivity contribution in [1.29, 1.82) is 0 Å². The third-order valence-electron chi connectivity index (χ3n) is 4.09. The SMILES string of the molecule is Nc1cc(NC2CCCNC2)nc(-c2cnc3ccc(F)cn23)n1. The predicted octanol–water partition coefficient (Wildman–Crippen LogP) is 1.68. The van der Waals surface area contributed by atoms with Crippen molar-refractivity contribution in [2.75, 3.05) is 24.1 Å². The summed E-state index contributed by atoms with van der Waals surface area (Å²) in [6, 6.07) is 5.00. The number of aromatic nitrogens is 4. The molecule has 0 amide bonds. The molecule has 124 valence electrons. The van der Waals surface area contributed by atoms with Crippen LogP contribution in [-0.4, -0.2) is 38.5 Å². The Kier molecular flexibility index (Phi) is 3.73. The van der Waals surface area contributed by atoms with E-state index in [1.165, 1.54) is 12.3 Å². The Balaban J connectivity index is 1.70. The van der Waals surface area contributed by atoms with Gasteiger partial charge in [-0.2, -0.15) is 0 Å². The smallest absolute Gasteiger partial charge is 0.182 e. The summed E-state index contributed by atoms with van der Waals surface area (Å²) in [5.74, 6) is 1.09. The summed E-state index contributed by atoms with van der Waals surface area (Å²) < 4.78 is 15.2. The Morgan fingerprint density at radius 3 is 3.08 bits per heavy atom. The Hall–Kier alpha value is -2.74. The second kappa shape index (κ2) is 6.04. The number of imidazole rings is 1. The predicted molar refractivity (Wildman–Crippen MR) is 90.1 cm³/mol. The number of halogens is 1. The van der Waals surface area contributed by atoms with Crippen molar-refractivity contribution in [3.05, 3.63) is 36.4 Å². The van der Waals surface area contributed by atoms with E-state index in [-0.39, 0.29) is 5.82 Å². The molecule has 4 rings (SSSR count). The summed E-state index contributed by atoms with van der Waals surface area (Å²) in [4.78, 5) is 13.1. The maximum atomic E-state index is 13.5. The van der Waals surface area contributed by atoms with E-state index < -0.39 is 0 Å². The monoisotopic (exact) mass is 327 g/mol. The first-order chi connectivity index (χ1) is 11.7. The van der Waals surface area contributed by atoms with Gasteiger partial charge in [-0.3, -0.25) is 4.40 Å². The quantitative estimate of drug-likeness (QED) is 0.678. The number of hydrogen-bond acceptors (Lipinski definition) is 6. The molecule has 0 saturated carbocycles. The average Bonchev–Trinajstić information content (AvgIpc) is 2.98. The van der Waals surface area contributed by atoms with Crippen LogP contribution in [0.15, 0.2) is 30.6 Å². The van der Waals surface area contributed by atoms with Gasteiger partial charge in [0.05, 0.1) is 6.20 Å². The fourth-order valence-electron chi connectivity index (χ4n) is 2.96. The molecule has 7 nitrogen and oxygen atoms in total. The highest BCUT2D eigenvalue weighted by Crippen LogP contribution is 2.21. The van der Waals surface area contributed by atoms with E-state index in [0.29, 0.717) is 34.8 Å². The van der Waals surface area contributed by atoms with Crippen molar-refractivity contribution in [1.82, 2.24) is 24.7 Å². The number of hydrogen-bond donors (Lipinski definition) is 3. The van der Waals surface area contributed by atoms with E-state index in [2.05, 4.69) is 25.6 Å². The van der Waals surface area contributed by atoms with Crippen molar-refractivity contribution in [3.63, 3.8) is 0 Å². The Morgan fingerprint density at radius 1 is 1.33 bits per heavy atom. The lowest BCUT2D eigenvalue weighted by Crippen LogP contribution is -2.38. The number of rotatable bonds is 3. The summed E-state index contributed by atoms with van der Waals surface area (Å²) in [7, 11) is 0. The van der Waals surface area contributed by atoms with Crippen LogP contribution in [0, 0.1) is 5.82 Å². The summed E-state index contributed by atoms with van der Waals surface area (Å²) >= 11 is 0. The van der Waals surface area contributed by atoms with Crippen molar-refractivity contribution in [3.8, 4) is 11.5 Å². The minimum absolute atomic E-state index is 0.306. The third-order valence-corrected chi connectivity index (χ3v) is 4.09. The molecule has 0 bridgehead atoms. The van der Waals surface area contributed by atoms with Crippen LogP contribution in [0.4, 0.5) is 16.0 Å².